The molecule has 0 aliphatic carbocycles. The lowest BCUT2D eigenvalue weighted by Crippen LogP contribution is -2.29. The molecule has 0 aliphatic heterocycles. The van der Waals surface area contributed by atoms with Gasteiger partial charge in [0.2, 0.25) is 5.91 Å². The quantitative estimate of drug-likeness (QED) is 0.370. The van der Waals surface area contributed by atoms with Crippen molar-refractivity contribution in [2.75, 3.05) is 0 Å². The van der Waals surface area contributed by atoms with Gasteiger partial charge in [-0.25, -0.2) is 5.84 Å². The standard InChI is InChI=1S/C14H18ClN3O/c15-12-5-4-6-13-11(12)8-10-18(13)9-3-1-2-7-14(19)17-16/h4-6,8,10H,1-3,7,9,16H2,(H,17,19). The third kappa shape index (κ3) is 3.49. The number of aromatic nitrogens is 1. The number of nitrogens with one attached hydrogen (secondary N) is 1. The molecule has 102 valence electrons. The molecule has 0 radical (unpaired) electrons. The second kappa shape index (κ2) is 6.59. The number of aryl methyl sites for hydroxylation is 1. The highest BCUT2D eigenvalue weighted by atomic mass is 35.5. The number of nitrogens with zero attached hydrogens (tertiary/aromatic N) is 1. The lowest BCUT2D eigenvalue weighted by atomic mass is 10.2. The highest BCUT2D eigenvalue weighted by Crippen LogP contribution is 2.24. The van der Waals surface area contributed by atoms with E-state index in [1.54, 1.807) is 0 Å². The van der Waals surface area contributed by atoms with Gasteiger partial charge >= 0.3 is 0 Å². The Morgan fingerprint density at radius 3 is 2.89 bits per heavy atom. The Labute approximate surface area is 117 Å². The Balaban J connectivity index is 1.85. The van der Waals surface area contributed by atoms with Gasteiger partial charge in [0.05, 0.1) is 0 Å². The number of carbonyl (C=O) groups excluding carboxylic acids is 1. The van der Waals surface area contributed by atoms with Gasteiger partial charge in [-0.1, -0.05) is 24.1 Å². The van der Waals surface area contributed by atoms with E-state index < -0.39 is 0 Å². The van der Waals surface area contributed by atoms with E-state index in [0.717, 1.165) is 41.7 Å². The average Bonchev–Trinajstić information content (AvgIpc) is 2.83. The van der Waals surface area contributed by atoms with Crippen LogP contribution in [0.2, 0.25) is 5.02 Å². The lowest BCUT2D eigenvalue weighted by molar-refractivity contribution is -0.121. The molecule has 0 saturated carbocycles. The van der Waals surface area contributed by atoms with Crippen LogP contribution < -0.4 is 11.3 Å². The van der Waals surface area contributed by atoms with Gasteiger partial charge in [0.25, 0.3) is 0 Å². The van der Waals surface area contributed by atoms with Crippen molar-refractivity contribution in [2.45, 2.75) is 32.2 Å². The number of rotatable bonds is 6. The van der Waals surface area contributed by atoms with E-state index in [9.17, 15) is 4.79 Å². The maximum Gasteiger partial charge on any atom is 0.233 e. The van der Waals surface area contributed by atoms with Crippen molar-refractivity contribution in [2.24, 2.45) is 5.84 Å². The van der Waals surface area contributed by atoms with E-state index in [4.69, 9.17) is 17.4 Å². The lowest BCUT2D eigenvalue weighted by Gasteiger charge is -2.05. The maximum atomic E-state index is 11.0. The third-order valence-corrected chi connectivity index (χ3v) is 3.55. The minimum absolute atomic E-state index is 0.0989. The predicted octanol–water partition coefficient (Wildman–Crippen LogP) is 2.85. The molecule has 1 aromatic carbocycles. The second-order valence-electron chi connectivity index (χ2n) is 4.56. The first kappa shape index (κ1) is 13.9. The average molecular weight is 280 g/mol. The van der Waals surface area contributed by atoms with Crippen LogP contribution in [0.1, 0.15) is 25.7 Å². The fourth-order valence-electron chi connectivity index (χ4n) is 2.20. The summed E-state index contributed by atoms with van der Waals surface area (Å²) < 4.78 is 2.20. The van der Waals surface area contributed by atoms with Gasteiger partial charge in [0.15, 0.2) is 0 Å². The van der Waals surface area contributed by atoms with Crippen LogP contribution >= 0.6 is 11.6 Å². The third-order valence-electron chi connectivity index (χ3n) is 3.22. The number of hydrogen-bond donors (Lipinski definition) is 2. The first-order valence-electron chi connectivity index (χ1n) is 6.45. The van der Waals surface area contributed by atoms with Crippen LogP contribution in [-0.2, 0) is 11.3 Å². The normalized spacial score (nSPS) is 10.8. The SMILES string of the molecule is NNC(=O)CCCCCn1ccc2c(Cl)cccc21. The van der Waals surface area contributed by atoms with Crippen molar-refractivity contribution in [3.63, 3.8) is 0 Å². The summed E-state index contributed by atoms with van der Waals surface area (Å²) in [5.41, 5.74) is 3.30. The number of hydrogen-bond acceptors (Lipinski definition) is 2. The summed E-state index contributed by atoms with van der Waals surface area (Å²) in [7, 11) is 0. The summed E-state index contributed by atoms with van der Waals surface area (Å²) in [5.74, 6) is 4.93. The molecule has 0 unspecified atom stereocenters. The topological polar surface area (TPSA) is 60.0 Å². The van der Waals surface area contributed by atoms with E-state index >= 15 is 0 Å². The van der Waals surface area contributed by atoms with Gasteiger partial charge in [-0.3, -0.25) is 10.2 Å². The van der Waals surface area contributed by atoms with E-state index in [2.05, 4.69) is 22.3 Å². The molecule has 1 heterocycles. The smallest absolute Gasteiger partial charge is 0.233 e. The Morgan fingerprint density at radius 1 is 1.26 bits per heavy atom. The minimum atomic E-state index is -0.0989. The number of benzene rings is 1. The Morgan fingerprint density at radius 2 is 2.11 bits per heavy atom. The van der Waals surface area contributed by atoms with Crippen LogP contribution in [0.5, 0.6) is 0 Å². The van der Waals surface area contributed by atoms with Crippen molar-refractivity contribution in [1.82, 2.24) is 9.99 Å². The molecular weight excluding hydrogens is 262 g/mol. The molecule has 2 aromatic rings. The van der Waals surface area contributed by atoms with E-state index in [1.807, 2.05) is 18.2 Å². The monoisotopic (exact) mass is 279 g/mol. The molecule has 0 fully saturated rings. The van der Waals surface area contributed by atoms with Crippen LogP contribution in [0.15, 0.2) is 30.5 Å². The van der Waals surface area contributed by atoms with Crippen molar-refractivity contribution in [1.29, 1.82) is 0 Å². The van der Waals surface area contributed by atoms with Crippen LogP contribution in [-0.4, -0.2) is 10.5 Å². The number of amides is 1. The van der Waals surface area contributed by atoms with E-state index in [-0.39, 0.29) is 5.91 Å². The number of halogens is 1. The molecule has 3 N–H and O–H groups in total. The largest absolute Gasteiger partial charge is 0.347 e. The summed E-state index contributed by atoms with van der Waals surface area (Å²) in [6, 6.07) is 7.98. The molecule has 0 atom stereocenters. The van der Waals surface area contributed by atoms with Crippen LogP contribution in [0.4, 0.5) is 0 Å². The Hall–Kier alpha value is -1.52. The van der Waals surface area contributed by atoms with Gasteiger partial charge in [0, 0.05) is 35.1 Å². The van der Waals surface area contributed by atoms with Gasteiger partial charge in [-0.15, -0.1) is 0 Å². The van der Waals surface area contributed by atoms with Gasteiger partial charge in [0.1, 0.15) is 0 Å². The van der Waals surface area contributed by atoms with Crippen molar-refractivity contribution >= 4 is 28.4 Å². The molecule has 5 heteroatoms. The zero-order valence-electron chi connectivity index (χ0n) is 10.7. The van der Waals surface area contributed by atoms with Gasteiger partial charge in [-0.05, 0) is 31.0 Å². The molecular formula is C14H18ClN3O. The highest BCUT2D eigenvalue weighted by molar-refractivity contribution is 6.35. The molecule has 1 amide bonds. The summed E-state index contributed by atoms with van der Waals surface area (Å²) in [6.07, 6.45) is 5.46. The van der Waals surface area contributed by atoms with E-state index in [1.165, 1.54) is 0 Å². The van der Waals surface area contributed by atoms with E-state index in [0.29, 0.717) is 6.42 Å². The predicted molar refractivity (Wildman–Crippen MR) is 77.7 cm³/mol. The molecule has 0 bridgehead atoms. The summed E-state index contributed by atoms with van der Waals surface area (Å²) in [6.45, 7) is 0.939. The number of hydrazine groups is 1. The maximum absolute atomic E-state index is 11.0. The first-order valence-corrected chi connectivity index (χ1v) is 6.83. The fourth-order valence-corrected chi connectivity index (χ4v) is 2.43. The summed E-state index contributed by atoms with van der Waals surface area (Å²) in [4.78, 5) is 11.0. The molecule has 2 rings (SSSR count). The molecule has 4 nitrogen and oxygen atoms in total. The molecule has 0 spiro atoms. The number of carbonyl (C=O) groups is 1. The molecule has 19 heavy (non-hydrogen) atoms. The zero-order valence-corrected chi connectivity index (χ0v) is 11.5. The Bertz CT molecular complexity index is 565. The number of nitrogens with two attached hydrogens (primary N) is 1. The Kier molecular flexibility index (Phi) is 4.82. The summed E-state index contributed by atoms with van der Waals surface area (Å²) in [5, 5.41) is 1.88. The highest BCUT2D eigenvalue weighted by Gasteiger charge is 2.04. The molecule has 0 aliphatic rings. The van der Waals surface area contributed by atoms with Gasteiger partial charge < -0.3 is 4.57 Å². The zero-order chi connectivity index (χ0) is 13.7. The molecule has 1 aromatic heterocycles. The summed E-state index contributed by atoms with van der Waals surface area (Å²) >= 11 is 6.14. The second-order valence-corrected chi connectivity index (χ2v) is 4.97. The van der Waals surface area contributed by atoms with Crippen molar-refractivity contribution < 1.29 is 4.79 Å². The van der Waals surface area contributed by atoms with Crippen molar-refractivity contribution in [3.05, 3.63) is 35.5 Å². The molecule has 0 saturated heterocycles. The fraction of sp³-hybridized carbons (Fsp3) is 0.357. The minimum Gasteiger partial charge on any atom is -0.347 e. The number of fused-ring (bicyclic) bond motifs is 1. The number of unbranched alkanes of at least 4 members (excludes halogenated alkanes) is 2. The first-order chi connectivity index (χ1) is 9.22. The van der Waals surface area contributed by atoms with Crippen molar-refractivity contribution in [3.8, 4) is 0 Å². The van der Waals surface area contributed by atoms with Crippen LogP contribution in [0.3, 0.4) is 0 Å². The van der Waals surface area contributed by atoms with Crippen LogP contribution in [0, 0.1) is 0 Å². The van der Waals surface area contributed by atoms with Gasteiger partial charge in [-0.2, -0.15) is 0 Å². The van der Waals surface area contributed by atoms with Crippen LogP contribution in [0.25, 0.3) is 10.9 Å².